The number of rotatable bonds is 4. The van der Waals surface area contributed by atoms with Gasteiger partial charge in [0.2, 0.25) is 5.91 Å². The number of amides is 2. The number of piperazine rings is 1. The Balaban J connectivity index is 2.21. The highest BCUT2D eigenvalue weighted by atomic mass is 19.3. The Morgan fingerprint density at radius 2 is 1.74 bits per heavy atom. The fraction of sp³-hybridized carbons (Fsp3) is 0.467. The zero-order chi connectivity index (χ0) is 17.0. The van der Waals surface area contributed by atoms with E-state index in [1.165, 1.54) is 37.1 Å². The average molecular weight is 328 g/mol. The Kier molecular flexibility index (Phi) is 5.36. The van der Waals surface area contributed by atoms with Crippen molar-refractivity contribution in [2.24, 2.45) is 0 Å². The lowest BCUT2D eigenvalue weighted by atomic mass is 10.1. The summed E-state index contributed by atoms with van der Waals surface area (Å²) in [7, 11) is 1.31. The summed E-state index contributed by atoms with van der Waals surface area (Å²) in [5, 5.41) is 0. The van der Waals surface area contributed by atoms with Crippen LogP contribution in [0.25, 0.3) is 0 Å². The van der Waals surface area contributed by atoms with Crippen molar-refractivity contribution in [2.75, 3.05) is 33.3 Å². The van der Waals surface area contributed by atoms with Crippen LogP contribution in [0, 0.1) is 0 Å². The van der Waals surface area contributed by atoms with Crippen LogP contribution in [-0.2, 0) is 4.79 Å². The second-order valence-electron chi connectivity index (χ2n) is 5.01. The first-order chi connectivity index (χ1) is 10.9. The number of halogens is 2. The standard InChI is InChI=1S/C15H18F2N2O4/c1-10(20)18-6-8-19(9-7-18)14(21)11-4-3-5-12(22-2)13(11)23-15(16)17/h3-5,15H,6-9H2,1-2H3. The zero-order valence-corrected chi connectivity index (χ0v) is 12.9. The van der Waals surface area contributed by atoms with Crippen molar-refractivity contribution < 1.29 is 27.8 Å². The minimum Gasteiger partial charge on any atom is -0.493 e. The molecule has 1 aromatic carbocycles. The molecule has 0 saturated carbocycles. The van der Waals surface area contributed by atoms with E-state index >= 15 is 0 Å². The van der Waals surface area contributed by atoms with Crippen LogP contribution < -0.4 is 9.47 Å². The molecule has 0 bridgehead atoms. The number of para-hydroxylation sites is 1. The van der Waals surface area contributed by atoms with Gasteiger partial charge in [0, 0.05) is 33.1 Å². The number of ether oxygens (including phenoxy) is 2. The minimum atomic E-state index is -3.06. The molecule has 2 amide bonds. The van der Waals surface area contributed by atoms with E-state index in [4.69, 9.17) is 4.74 Å². The lowest BCUT2D eigenvalue weighted by Crippen LogP contribution is -2.50. The van der Waals surface area contributed by atoms with Gasteiger partial charge in [0.1, 0.15) is 0 Å². The van der Waals surface area contributed by atoms with Gasteiger partial charge in [-0.25, -0.2) is 0 Å². The largest absolute Gasteiger partial charge is 0.493 e. The fourth-order valence-electron chi connectivity index (χ4n) is 2.45. The molecule has 6 nitrogen and oxygen atoms in total. The smallest absolute Gasteiger partial charge is 0.387 e. The van der Waals surface area contributed by atoms with E-state index in [1.807, 2.05) is 0 Å². The number of hydrogen-bond acceptors (Lipinski definition) is 4. The zero-order valence-electron chi connectivity index (χ0n) is 12.9. The Bertz CT molecular complexity index is 587. The molecule has 0 aliphatic carbocycles. The van der Waals surface area contributed by atoms with Gasteiger partial charge in [-0.3, -0.25) is 9.59 Å². The van der Waals surface area contributed by atoms with Crippen LogP contribution in [0.3, 0.4) is 0 Å². The maximum absolute atomic E-state index is 12.6. The van der Waals surface area contributed by atoms with Crippen LogP contribution in [-0.4, -0.2) is 61.5 Å². The molecule has 1 fully saturated rings. The van der Waals surface area contributed by atoms with Crippen molar-refractivity contribution in [3.8, 4) is 11.5 Å². The summed E-state index contributed by atoms with van der Waals surface area (Å²) in [4.78, 5) is 27.0. The van der Waals surface area contributed by atoms with Gasteiger partial charge in [-0.2, -0.15) is 8.78 Å². The van der Waals surface area contributed by atoms with Crippen molar-refractivity contribution in [3.63, 3.8) is 0 Å². The topological polar surface area (TPSA) is 59.1 Å². The number of alkyl halides is 2. The summed E-state index contributed by atoms with van der Waals surface area (Å²) >= 11 is 0. The Labute approximate surface area is 132 Å². The van der Waals surface area contributed by atoms with E-state index in [2.05, 4.69) is 4.74 Å². The van der Waals surface area contributed by atoms with Gasteiger partial charge in [-0.05, 0) is 12.1 Å². The molecule has 1 aromatic rings. The maximum atomic E-state index is 12.6. The van der Waals surface area contributed by atoms with Crippen LogP contribution in [0.15, 0.2) is 18.2 Å². The van der Waals surface area contributed by atoms with E-state index in [1.54, 1.807) is 4.90 Å². The SMILES string of the molecule is COc1cccc(C(=O)N2CCN(C(C)=O)CC2)c1OC(F)F. The number of methoxy groups -OCH3 is 1. The second-order valence-corrected chi connectivity index (χ2v) is 5.01. The van der Waals surface area contributed by atoms with Crippen LogP contribution in [0.4, 0.5) is 8.78 Å². The second kappa shape index (κ2) is 7.26. The number of hydrogen-bond donors (Lipinski definition) is 0. The molecule has 1 aliphatic heterocycles. The van der Waals surface area contributed by atoms with Crippen molar-refractivity contribution in [2.45, 2.75) is 13.5 Å². The number of nitrogens with zero attached hydrogens (tertiary/aromatic N) is 2. The summed E-state index contributed by atoms with van der Waals surface area (Å²) in [6.07, 6.45) is 0. The van der Waals surface area contributed by atoms with Gasteiger partial charge in [0.15, 0.2) is 11.5 Å². The van der Waals surface area contributed by atoms with E-state index in [0.29, 0.717) is 26.2 Å². The van der Waals surface area contributed by atoms with Gasteiger partial charge in [-0.1, -0.05) is 6.07 Å². The summed E-state index contributed by atoms with van der Waals surface area (Å²) < 4.78 is 34.7. The fourth-order valence-corrected chi connectivity index (χ4v) is 2.45. The van der Waals surface area contributed by atoms with Crippen molar-refractivity contribution in [1.29, 1.82) is 0 Å². The van der Waals surface area contributed by atoms with Crippen LogP contribution in [0.2, 0.25) is 0 Å². The van der Waals surface area contributed by atoms with E-state index in [0.717, 1.165) is 0 Å². The molecule has 0 spiro atoms. The first kappa shape index (κ1) is 17.0. The molecule has 126 valence electrons. The molecule has 23 heavy (non-hydrogen) atoms. The number of carbonyl (C=O) groups excluding carboxylic acids is 2. The summed E-state index contributed by atoms with van der Waals surface area (Å²) in [6, 6.07) is 4.40. The molecule has 1 aliphatic rings. The molecule has 8 heteroatoms. The molecule has 0 aromatic heterocycles. The van der Waals surface area contributed by atoms with Gasteiger partial charge < -0.3 is 19.3 Å². The minimum absolute atomic E-state index is 0.0147. The first-order valence-corrected chi connectivity index (χ1v) is 7.10. The predicted molar refractivity (Wildman–Crippen MR) is 77.8 cm³/mol. The average Bonchev–Trinajstić information content (AvgIpc) is 2.54. The lowest BCUT2D eigenvalue weighted by Gasteiger charge is -2.34. The quantitative estimate of drug-likeness (QED) is 0.842. The van der Waals surface area contributed by atoms with Crippen LogP contribution in [0.1, 0.15) is 17.3 Å². The highest BCUT2D eigenvalue weighted by Gasteiger charge is 2.27. The van der Waals surface area contributed by atoms with Crippen molar-refractivity contribution >= 4 is 11.8 Å². The van der Waals surface area contributed by atoms with Crippen LogP contribution >= 0.6 is 0 Å². The summed E-state index contributed by atoms with van der Waals surface area (Å²) in [5.41, 5.74) is 0.0147. The van der Waals surface area contributed by atoms with E-state index in [-0.39, 0.29) is 23.0 Å². The third-order valence-electron chi connectivity index (χ3n) is 3.65. The summed E-state index contributed by atoms with van der Waals surface area (Å²) in [5.74, 6) is -0.689. The van der Waals surface area contributed by atoms with E-state index < -0.39 is 12.5 Å². The number of carbonyl (C=O) groups is 2. The Hall–Kier alpha value is -2.38. The molecule has 0 atom stereocenters. The van der Waals surface area contributed by atoms with E-state index in [9.17, 15) is 18.4 Å². The molecule has 0 N–H and O–H groups in total. The maximum Gasteiger partial charge on any atom is 0.387 e. The predicted octanol–water partition coefficient (Wildman–Crippen LogP) is 1.60. The molecule has 1 heterocycles. The van der Waals surface area contributed by atoms with Crippen molar-refractivity contribution in [1.82, 2.24) is 9.80 Å². The molecule has 1 saturated heterocycles. The van der Waals surface area contributed by atoms with Gasteiger partial charge in [0.05, 0.1) is 12.7 Å². The molecule has 0 radical (unpaired) electrons. The Morgan fingerprint density at radius 3 is 2.26 bits per heavy atom. The third kappa shape index (κ3) is 3.88. The third-order valence-corrected chi connectivity index (χ3v) is 3.65. The Morgan fingerprint density at radius 1 is 1.13 bits per heavy atom. The highest BCUT2D eigenvalue weighted by molar-refractivity contribution is 5.98. The molecule has 2 rings (SSSR count). The van der Waals surface area contributed by atoms with Crippen molar-refractivity contribution in [3.05, 3.63) is 23.8 Å². The van der Waals surface area contributed by atoms with Gasteiger partial charge in [-0.15, -0.1) is 0 Å². The number of benzene rings is 1. The van der Waals surface area contributed by atoms with Gasteiger partial charge in [0.25, 0.3) is 5.91 Å². The monoisotopic (exact) mass is 328 g/mol. The highest BCUT2D eigenvalue weighted by Crippen LogP contribution is 2.33. The van der Waals surface area contributed by atoms with Gasteiger partial charge >= 0.3 is 6.61 Å². The first-order valence-electron chi connectivity index (χ1n) is 7.10. The molecular formula is C15H18F2N2O4. The normalized spacial score (nSPS) is 14.8. The molecular weight excluding hydrogens is 310 g/mol. The molecule has 0 unspecified atom stereocenters. The summed E-state index contributed by atoms with van der Waals surface area (Å²) in [6.45, 7) is -0.0965. The lowest BCUT2D eigenvalue weighted by molar-refractivity contribution is -0.130. The van der Waals surface area contributed by atoms with Crippen LogP contribution in [0.5, 0.6) is 11.5 Å².